The van der Waals surface area contributed by atoms with Gasteiger partial charge in [-0.3, -0.25) is 4.79 Å². The van der Waals surface area contributed by atoms with Crippen molar-refractivity contribution >= 4 is 17.1 Å². The molecule has 6 nitrogen and oxygen atoms in total. The van der Waals surface area contributed by atoms with Gasteiger partial charge in [-0.2, -0.15) is 0 Å². The van der Waals surface area contributed by atoms with Crippen molar-refractivity contribution < 1.29 is 14.6 Å². The molecule has 2 aromatic heterocycles. The van der Waals surface area contributed by atoms with Crippen LogP contribution in [0.2, 0.25) is 0 Å². The first kappa shape index (κ1) is 19.9. The second kappa shape index (κ2) is 9.35. The van der Waals surface area contributed by atoms with Crippen LogP contribution in [0.5, 0.6) is 5.75 Å². The quantitative estimate of drug-likeness (QED) is 0.528. The number of hydrogen-bond acceptors (Lipinski definition) is 4. The summed E-state index contributed by atoms with van der Waals surface area (Å²) in [6, 6.07) is 10.0. The third-order valence-electron chi connectivity index (χ3n) is 4.71. The molecule has 1 N–H and O–H groups in total. The van der Waals surface area contributed by atoms with Crippen molar-refractivity contribution in [1.82, 2.24) is 14.5 Å². The molecule has 0 aliphatic carbocycles. The molecule has 3 aromatic rings. The smallest absolute Gasteiger partial charge is 0.303 e. The van der Waals surface area contributed by atoms with E-state index in [0.29, 0.717) is 13.0 Å². The standard InChI is InChI=1S/C22H27N3O3/c1-3-6-19-24-21-16(2)12-13-23-22(21)25(19)15-17-8-10-18(11-9-17)28-14-5-4-7-20(26)27/h8-13H,3-7,14-15H2,1-2H3,(H,26,27). The van der Waals surface area contributed by atoms with Gasteiger partial charge in [-0.15, -0.1) is 0 Å². The Balaban J connectivity index is 1.68. The van der Waals surface area contributed by atoms with Gasteiger partial charge in [0.25, 0.3) is 0 Å². The van der Waals surface area contributed by atoms with E-state index in [2.05, 4.69) is 35.5 Å². The molecule has 0 saturated heterocycles. The van der Waals surface area contributed by atoms with Gasteiger partial charge in [-0.05, 0) is 55.5 Å². The summed E-state index contributed by atoms with van der Waals surface area (Å²) in [7, 11) is 0. The summed E-state index contributed by atoms with van der Waals surface area (Å²) in [5, 5.41) is 8.65. The number of imidazole rings is 1. The van der Waals surface area contributed by atoms with Gasteiger partial charge in [0, 0.05) is 19.0 Å². The number of unbranched alkanes of at least 4 members (excludes halogenated alkanes) is 1. The highest BCUT2D eigenvalue weighted by Gasteiger charge is 2.13. The van der Waals surface area contributed by atoms with Crippen LogP contribution in [0.25, 0.3) is 11.2 Å². The number of hydrogen-bond donors (Lipinski definition) is 1. The second-order valence-electron chi connectivity index (χ2n) is 7.01. The summed E-state index contributed by atoms with van der Waals surface area (Å²) in [5.41, 5.74) is 4.22. The maximum absolute atomic E-state index is 10.5. The maximum Gasteiger partial charge on any atom is 0.303 e. The van der Waals surface area contributed by atoms with E-state index in [0.717, 1.165) is 59.7 Å². The van der Waals surface area contributed by atoms with Gasteiger partial charge in [-0.1, -0.05) is 19.1 Å². The predicted molar refractivity (Wildman–Crippen MR) is 109 cm³/mol. The Bertz CT molecular complexity index is 932. The molecule has 0 spiro atoms. The van der Waals surface area contributed by atoms with Crippen LogP contribution in [-0.2, 0) is 17.8 Å². The Labute approximate surface area is 165 Å². The summed E-state index contributed by atoms with van der Waals surface area (Å²) in [5.74, 6) is 1.11. The Morgan fingerprint density at radius 1 is 1.18 bits per heavy atom. The number of aryl methyl sites for hydroxylation is 2. The molecule has 3 rings (SSSR count). The number of ether oxygens (including phenoxy) is 1. The van der Waals surface area contributed by atoms with Crippen LogP contribution in [0.4, 0.5) is 0 Å². The van der Waals surface area contributed by atoms with Crippen LogP contribution < -0.4 is 4.74 Å². The predicted octanol–water partition coefficient (Wildman–Crippen LogP) is 4.37. The monoisotopic (exact) mass is 381 g/mol. The fourth-order valence-electron chi connectivity index (χ4n) is 3.21. The summed E-state index contributed by atoms with van der Waals surface area (Å²) < 4.78 is 7.90. The lowest BCUT2D eigenvalue weighted by Gasteiger charge is -2.10. The highest BCUT2D eigenvalue weighted by atomic mass is 16.5. The Kier molecular flexibility index (Phi) is 6.63. The van der Waals surface area contributed by atoms with Crippen molar-refractivity contribution in [2.24, 2.45) is 0 Å². The zero-order valence-corrected chi connectivity index (χ0v) is 16.5. The van der Waals surface area contributed by atoms with E-state index in [-0.39, 0.29) is 6.42 Å². The van der Waals surface area contributed by atoms with Crippen LogP contribution in [0.15, 0.2) is 36.5 Å². The van der Waals surface area contributed by atoms with E-state index in [1.807, 2.05) is 24.4 Å². The number of rotatable bonds is 10. The molecule has 0 atom stereocenters. The van der Waals surface area contributed by atoms with E-state index in [1.165, 1.54) is 0 Å². The largest absolute Gasteiger partial charge is 0.494 e. The lowest BCUT2D eigenvalue weighted by atomic mass is 10.2. The molecule has 0 bridgehead atoms. The fourth-order valence-corrected chi connectivity index (χ4v) is 3.21. The lowest BCUT2D eigenvalue weighted by molar-refractivity contribution is -0.137. The molecule has 0 fully saturated rings. The second-order valence-corrected chi connectivity index (χ2v) is 7.01. The minimum Gasteiger partial charge on any atom is -0.494 e. The van der Waals surface area contributed by atoms with Crippen molar-refractivity contribution in [2.45, 2.75) is 52.5 Å². The molecule has 0 saturated carbocycles. The van der Waals surface area contributed by atoms with Crippen LogP contribution >= 0.6 is 0 Å². The van der Waals surface area contributed by atoms with Gasteiger partial charge in [-0.25, -0.2) is 9.97 Å². The normalized spacial score (nSPS) is 11.1. The molecular weight excluding hydrogens is 354 g/mol. The van der Waals surface area contributed by atoms with Gasteiger partial charge in [0.15, 0.2) is 5.65 Å². The van der Waals surface area contributed by atoms with E-state index in [9.17, 15) is 4.79 Å². The number of carboxylic acids is 1. The number of pyridine rings is 1. The van der Waals surface area contributed by atoms with Crippen molar-refractivity contribution in [2.75, 3.05) is 6.61 Å². The molecule has 1 aromatic carbocycles. The molecule has 2 heterocycles. The zero-order chi connectivity index (χ0) is 19.9. The zero-order valence-electron chi connectivity index (χ0n) is 16.5. The molecule has 0 aliphatic heterocycles. The van der Waals surface area contributed by atoms with Crippen molar-refractivity contribution in [3.63, 3.8) is 0 Å². The van der Waals surface area contributed by atoms with Crippen LogP contribution in [0.3, 0.4) is 0 Å². The summed E-state index contributed by atoms with van der Waals surface area (Å²) in [4.78, 5) is 19.9. The van der Waals surface area contributed by atoms with Crippen molar-refractivity contribution in [1.29, 1.82) is 0 Å². The molecular formula is C22H27N3O3. The van der Waals surface area contributed by atoms with E-state index >= 15 is 0 Å². The topological polar surface area (TPSA) is 77.2 Å². The Hall–Kier alpha value is -2.89. The van der Waals surface area contributed by atoms with Gasteiger partial charge in [0.1, 0.15) is 17.1 Å². The SMILES string of the molecule is CCCc1nc2c(C)ccnc2n1Cc1ccc(OCCCCC(=O)O)cc1. The number of carboxylic acid groups (broad SMARTS) is 1. The van der Waals surface area contributed by atoms with Crippen LogP contribution in [-0.4, -0.2) is 32.2 Å². The molecule has 28 heavy (non-hydrogen) atoms. The number of nitrogens with zero attached hydrogens (tertiary/aromatic N) is 3. The first-order valence-electron chi connectivity index (χ1n) is 9.82. The van der Waals surface area contributed by atoms with Gasteiger partial charge >= 0.3 is 5.97 Å². The van der Waals surface area contributed by atoms with Crippen LogP contribution in [0, 0.1) is 6.92 Å². The van der Waals surface area contributed by atoms with Crippen molar-refractivity contribution in [3.8, 4) is 5.75 Å². The van der Waals surface area contributed by atoms with Crippen molar-refractivity contribution in [3.05, 3.63) is 53.5 Å². The van der Waals surface area contributed by atoms with Gasteiger partial charge in [0.2, 0.25) is 0 Å². The molecule has 148 valence electrons. The number of fused-ring (bicyclic) bond motifs is 1. The third-order valence-corrected chi connectivity index (χ3v) is 4.71. The highest BCUT2D eigenvalue weighted by Crippen LogP contribution is 2.21. The Morgan fingerprint density at radius 2 is 1.96 bits per heavy atom. The fraction of sp³-hybridized carbons (Fsp3) is 0.409. The summed E-state index contributed by atoms with van der Waals surface area (Å²) >= 11 is 0. The number of benzene rings is 1. The highest BCUT2D eigenvalue weighted by molar-refractivity contribution is 5.75. The summed E-state index contributed by atoms with van der Waals surface area (Å²) in [6.07, 6.45) is 5.36. The lowest BCUT2D eigenvalue weighted by Crippen LogP contribution is -2.06. The third kappa shape index (κ3) is 4.88. The van der Waals surface area contributed by atoms with E-state index < -0.39 is 5.97 Å². The molecule has 6 heteroatoms. The van der Waals surface area contributed by atoms with Gasteiger partial charge < -0.3 is 14.4 Å². The van der Waals surface area contributed by atoms with E-state index in [1.54, 1.807) is 0 Å². The van der Waals surface area contributed by atoms with Crippen LogP contribution in [0.1, 0.15) is 49.6 Å². The number of carbonyl (C=O) groups is 1. The average molecular weight is 381 g/mol. The first-order chi connectivity index (χ1) is 13.6. The van der Waals surface area contributed by atoms with Gasteiger partial charge in [0.05, 0.1) is 13.2 Å². The Morgan fingerprint density at radius 3 is 2.68 bits per heavy atom. The molecule has 0 amide bonds. The molecule has 0 unspecified atom stereocenters. The molecule has 0 radical (unpaired) electrons. The minimum absolute atomic E-state index is 0.189. The number of aromatic nitrogens is 3. The first-order valence-corrected chi connectivity index (χ1v) is 9.82. The molecule has 0 aliphatic rings. The average Bonchev–Trinajstić information content (AvgIpc) is 3.02. The number of aliphatic carboxylic acids is 1. The maximum atomic E-state index is 10.5. The minimum atomic E-state index is -0.761. The van der Waals surface area contributed by atoms with E-state index in [4.69, 9.17) is 14.8 Å². The summed E-state index contributed by atoms with van der Waals surface area (Å²) in [6.45, 7) is 5.48.